The first-order chi connectivity index (χ1) is 17.2. The first-order valence-electron chi connectivity index (χ1n) is 12.0. The number of hydrogen-bond donors (Lipinski definition) is 1. The van der Waals surface area contributed by atoms with Gasteiger partial charge in [-0.05, 0) is 37.1 Å². The highest BCUT2D eigenvalue weighted by Crippen LogP contribution is 2.33. The van der Waals surface area contributed by atoms with Crippen molar-refractivity contribution in [2.45, 2.75) is 44.2 Å². The molecule has 36 heavy (non-hydrogen) atoms. The summed E-state index contributed by atoms with van der Waals surface area (Å²) in [6, 6.07) is 10.7. The molecule has 1 N–H and O–H groups in total. The zero-order valence-electron chi connectivity index (χ0n) is 20.1. The third kappa shape index (κ3) is 6.05. The molecule has 1 aliphatic heterocycles. The molecule has 0 unspecified atom stereocenters. The van der Waals surface area contributed by atoms with Gasteiger partial charge in [-0.25, -0.2) is 4.39 Å². The molecule has 1 saturated carbocycles. The average Bonchev–Trinajstić information content (AvgIpc) is 3.70. The SMILES string of the molecule is CN(CC(=O)N(c1cccc(F)c1)[C@H](C(=O)NC1CCCCC1)c1ccccc1Cl)S(=O)(=O)N1CC1. The third-order valence-corrected chi connectivity index (χ3v) is 8.78. The smallest absolute Gasteiger partial charge is 0.282 e. The fourth-order valence-corrected chi connectivity index (χ4v) is 5.95. The lowest BCUT2D eigenvalue weighted by atomic mass is 9.94. The molecule has 4 rings (SSSR count). The molecule has 0 aromatic heterocycles. The molecule has 1 saturated heterocycles. The molecular weight excluding hydrogens is 507 g/mol. The quantitative estimate of drug-likeness (QED) is 0.497. The minimum Gasteiger partial charge on any atom is -0.351 e. The minimum absolute atomic E-state index is 0.0496. The Kier molecular flexibility index (Phi) is 8.29. The highest BCUT2D eigenvalue weighted by Gasteiger charge is 2.39. The summed E-state index contributed by atoms with van der Waals surface area (Å²) in [6.45, 7) is 0.244. The van der Waals surface area contributed by atoms with Crippen molar-refractivity contribution >= 4 is 39.3 Å². The van der Waals surface area contributed by atoms with E-state index in [0.717, 1.165) is 47.4 Å². The molecule has 1 aliphatic carbocycles. The average molecular weight is 537 g/mol. The predicted molar refractivity (Wildman–Crippen MR) is 136 cm³/mol. The van der Waals surface area contributed by atoms with E-state index in [0.29, 0.717) is 18.7 Å². The Morgan fingerprint density at radius 3 is 2.44 bits per heavy atom. The lowest BCUT2D eigenvalue weighted by molar-refractivity contribution is -0.127. The number of nitrogens with zero attached hydrogens (tertiary/aromatic N) is 3. The van der Waals surface area contributed by atoms with Gasteiger partial charge in [-0.1, -0.05) is 55.1 Å². The van der Waals surface area contributed by atoms with Crippen LogP contribution in [0.3, 0.4) is 0 Å². The number of carbonyl (C=O) groups excluding carboxylic acids is 2. The van der Waals surface area contributed by atoms with Crippen molar-refractivity contribution in [3.8, 4) is 0 Å². The zero-order valence-corrected chi connectivity index (χ0v) is 21.6. The van der Waals surface area contributed by atoms with Crippen molar-refractivity contribution < 1.29 is 22.4 Å². The normalized spacial score (nSPS) is 17.6. The van der Waals surface area contributed by atoms with Crippen molar-refractivity contribution in [2.24, 2.45) is 0 Å². The van der Waals surface area contributed by atoms with E-state index in [1.54, 1.807) is 24.3 Å². The third-order valence-electron chi connectivity index (χ3n) is 6.50. The van der Waals surface area contributed by atoms with Gasteiger partial charge in [0.1, 0.15) is 11.9 Å². The lowest BCUT2D eigenvalue weighted by Crippen LogP contribution is -2.50. The Labute approximate surface area is 216 Å². The topological polar surface area (TPSA) is 89.8 Å². The summed E-state index contributed by atoms with van der Waals surface area (Å²) < 4.78 is 41.8. The monoisotopic (exact) mass is 536 g/mol. The summed E-state index contributed by atoms with van der Waals surface area (Å²) in [4.78, 5) is 28.7. The number of benzene rings is 2. The van der Waals surface area contributed by atoms with Gasteiger partial charge >= 0.3 is 0 Å². The number of halogens is 2. The Hall–Kier alpha value is -2.53. The van der Waals surface area contributed by atoms with Gasteiger partial charge in [0.2, 0.25) is 11.8 Å². The minimum atomic E-state index is -3.81. The number of amides is 2. The Morgan fingerprint density at radius 1 is 1.11 bits per heavy atom. The molecule has 11 heteroatoms. The van der Waals surface area contributed by atoms with Gasteiger partial charge in [0.25, 0.3) is 10.2 Å². The molecule has 0 spiro atoms. The molecular formula is C25H30ClFN4O4S. The summed E-state index contributed by atoms with van der Waals surface area (Å²) >= 11 is 6.50. The van der Waals surface area contributed by atoms with Crippen LogP contribution in [0.1, 0.15) is 43.7 Å². The fourth-order valence-electron chi connectivity index (χ4n) is 4.50. The first kappa shape index (κ1) is 26.5. The summed E-state index contributed by atoms with van der Waals surface area (Å²) in [7, 11) is -2.50. The van der Waals surface area contributed by atoms with E-state index < -0.39 is 40.4 Å². The van der Waals surface area contributed by atoms with Gasteiger partial charge in [-0.3, -0.25) is 14.5 Å². The van der Waals surface area contributed by atoms with E-state index in [4.69, 9.17) is 11.6 Å². The maximum atomic E-state index is 14.3. The number of carbonyl (C=O) groups is 2. The van der Waals surface area contributed by atoms with Gasteiger partial charge in [0.15, 0.2) is 0 Å². The van der Waals surface area contributed by atoms with E-state index in [2.05, 4.69) is 5.32 Å². The lowest BCUT2D eigenvalue weighted by Gasteiger charge is -2.34. The van der Waals surface area contributed by atoms with Crippen LogP contribution in [0.2, 0.25) is 5.02 Å². The summed E-state index contributed by atoms with van der Waals surface area (Å²) in [5, 5.41) is 3.32. The van der Waals surface area contributed by atoms with Crippen LogP contribution in [0.15, 0.2) is 48.5 Å². The molecule has 2 aliphatic rings. The summed E-state index contributed by atoms with van der Waals surface area (Å²) in [5.74, 6) is -1.73. The van der Waals surface area contributed by atoms with Gasteiger partial charge in [0, 0.05) is 42.5 Å². The Balaban J connectivity index is 1.74. The van der Waals surface area contributed by atoms with Gasteiger partial charge in [0.05, 0.1) is 6.54 Å². The zero-order chi connectivity index (χ0) is 25.9. The largest absolute Gasteiger partial charge is 0.351 e. The van der Waals surface area contributed by atoms with Gasteiger partial charge in [-0.2, -0.15) is 17.0 Å². The van der Waals surface area contributed by atoms with Crippen LogP contribution in [0.4, 0.5) is 10.1 Å². The van der Waals surface area contributed by atoms with Crippen LogP contribution in [-0.4, -0.2) is 61.6 Å². The van der Waals surface area contributed by atoms with Crippen LogP contribution in [0.25, 0.3) is 0 Å². The second-order valence-corrected chi connectivity index (χ2v) is 11.6. The van der Waals surface area contributed by atoms with Crippen LogP contribution in [0, 0.1) is 5.82 Å². The number of likely N-dealkylation sites (N-methyl/N-ethyl adjacent to an activating group) is 1. The second-order valence-electron chi connectivity index (χ2n) is 9.17. The standard InChI is InChI=1S/C25H30ClFN4O4S/c1-29(36(34,35)30-14-15-30)17-23(32)31(20-11-7-8-18(27)16-20)24(21-12-5-6-13-22(21)26)25(33)28-19-9-3-2-4-10-19/h5-8,11-13,16,19,24H,2-4,9-10,14-15,17H2,1H3,(H,28,33)/t24-/m0/s1. The molecule has 194 valence electrons. The van der Waals surface area contributed by atoms with E-state index in [9.17, 15) is 22.4 Å². The first-order valence-corrected chi connectivity index (χ1v) is 13.8. The van der Waals surface area contributed by atoms with Crippen LogP contribution in [0.5, 0.6) is 0 Å². The van der Waals surface area contributed by atoms with E-state index in [-0.39, 0.29) is 16.8 Å². The van der Waals surface area contributed by atoms with E-state index in [1.807, 2.05) is 0 Å². The summed E-state index contributed by atoms with van der Waals surface area (Å²) in [6.07, 6.45) is 4.74. The van der Waals surface area contributed by atoms with Crippen molar-refractivity contribution in [1.82, 2.24) is 13.9 Å². The molecule has 2 aromatic carbocycles. The summed E-state index contributed by atoms with van der Waals surface area (Å²) in [5.41, 5.74) is 0.489. The maximum Gasteiger partial charge on any atom is 0.282 e. The van der Waals surface area contributed by atoms with Crippen molar-refractivity contribution in [2.75, 3.05) is 31.6 Å². The van der Waals surface area contributed by atoms with Gasteiger partial charge < -0.3 is 5.32 Å². The molecule has 2 fully saturated rings. The molecule has 2 amide bonds. The number of anilines is 1. The molecule has 8 nitrogen and oxygen atoms in total. The fraction of sp³-hybridized carbons (Fsp3) is 0.440. The van der Waals surface area contributed by atoms with Crippen LogP contribution in [-0.2, 0) is 19.8 Å². The van der Waals surface area contributed by atoms with Crippen molar-refractivity contribution in [3.63, 3.8) is 0 Å². The molecule has 2 aromatic rings. The highest BCUT2D eigenvalue weighted by molar-refractivity contribution is 7.87. The van der Waals surface area contributed by atoms with E-state index in [1.165, 1.54) is 29.6 Å². The maximum absolute atomic E-state index is 14.3. The van der Waals surface area contributed by atoms with Crippen molar-refractivity contribution in [1.29, 1.82) is 0 Å². The number of rotatable bonds is 9. The van der Waals surface area contributed by atoms with Crippen LogP contribution >= 0.6 is 11.6 Å². The van der Waals surface area contributed by atoms with Gasteiger partial charge in [-0.15, -0.1) is 0 Å². The Bertz CT molecular complexity index is 1220. The number of nitrogens with one attached hydrogen (secondary N) is 1. The number of hydrogen-bond acceptors (Lipinski definition) is 4. The molecule has 1 heterocycles. The molecule has 1 atom stereocenters. The van der Waals surface area contributed by atoms with Crippen molar-refractivity contribution in [3.05, 3.63) is 64.9 Å². The second kappa shape index (κ2) is 11.2. The Morgan fingerprint density at radius 2 is 1.81 bits per heavy atom. The highest BCUT2D eigenvalue weighted by atomic mass is 35.5. The van der Waals surface area contributed by atoms with E-state index >= 15 is 0 Å². The van der Waals surface area contributed by atoms with Crippen LogP contribution < -0.4 is 10.2 Å². The molecule has 0 bridgehead atoms. The predicted octanol–water partition coefficient (Wildman–Crippen LogP) is 3.49. The molecule has 0 radical (unpaired) electrons.